The number of benzene rings is 1. The molecule has 8 atom stereocenters. The number of pyridine rings is 1. The smallest absolute Gasteiger partial charge is 0.341 e. The fourth-order valence-electron chi connectivity index (χ4n) is 11.9. The number of rotatable bonds is 13. The second-order valence-electron chi connectivity index (χ2n) is 19.3. The minimum Gasteiger partial charge on any atom is -0.477 e. The number of esters is 3. The quantitative estimate of drug-likeness (QED) is 0.153. The topological polar surface area (TPSA) is 188 Å². The Labute approximate surface area is 383 Å². The number of nitrogens with one attached hydrogen (secondary N) is 1. The minimum absolute atomic E-state index is 0.0220. The molecule has 8 rings (SSSR count). The number of alkyl halides is 1. The number of fused-ring (bicyclic) bond motifs is 6. The van der Waals surface area contributed by atoms with Gasteiger partial charge in [0.25, 0.3) is 0 Å². The Bertz CT molecular complexity index is 2420. The number of anilines is 1. The number of halogens is 2. The number of aromatic carboxylic acids is 1. The fraction of sp³-hybridized carbons (Fsp3) is 0.620. The highest BCUT2D eigenvalue weighted by Crippen LogP contribution is 2.72. The highest BCUT2D eigenvalue weighted by molar-refractivity contribution is 6.01. The van der Waals surface area contributed by atoms with Crippen molar-refractivity contribution < 1.29 is 56.9 Å². The molecule has 358 valence electrons. The van der Waals surface area contributed by atoms with Crippen molar-refractivity contribution in [1.82, 2.24) is 9.88 Å². The second kappa shape index (κ2) is 18.8. The third-order valence-electron chi connectivity index (χ3n) is 15.5. The Morgan fingerprint density at radius 2 is 1.65 bits per heavy atom. The Balaban J connectivity index is 0.000000227. The predicted octanol–water partition coefficient (Wildman–Crippen LogP) is 7.14. The van der Waals surface area contributed by atoms with Crippen LogP contribution in [-0.4, -0.2) is 95.3 Å². The van der Waals surface area contributed by atoms with Gasteiger partial charge < -0.3 is 34.1 Å². The maximum atomic E-state index is 18.3. The number of carboxylic acid groups (broad SMARTS) is 1. The Morgan fingerprint density at radius 1 is 0.955 bits per heavy atom. The van der Waals surface area contributed by atoms with Crippen molar-refractivity contribution in [2.45, 2.75) is 136 Å². The van der Waals surface area contributed by atoms with Gasteiger partial charge in [0.2, 0.25) is 11.2 Å². The number of carboxylic acids is 1. The average Bonchev–Trinajstić information content (AvgIpc) is 4.12. The van der Waals surface area contributed by atoms with Crippen LogP contribution in [0.15, 0.2) is 46.9 Å². The molecule has 0 amide bonds. The van der Waals surface area contributed by atoms with Crippen molar-refractivity contribution in [3.63, 3.8) is 0 Å². The number of piperazine rings is 1. The summed E-state index contributed by atoms with van der Waals surface area (Å²) in [4.78, 5) is 90.2. The average molecular weight is 920 g/mol. The molecule has 0 spiro atoms. The number of hydrogen-bond acceptors (Lipinski definition) is 12. The van der Waals surface area contributed by atoms with Gasteiger partial charge in [-0.3, -0.25) is 28.8 Å². The van der Waals surface area contributed by atoms with Gasteiger partial charge in [0, 0.05) is 85.7 Å². The zero-order chi connectivity index (χ0) is 47.9. The molecule has 5 aliphatic carbocycles. The molecule has 2 N–H and O–H groups in total. The largest absolute Gasteiger partial charge is 0.477 e. The van der Waals surface area contributed by atoms with E-state index < -0.39 is 93.5 Å². The summed E-state index contributed by atoms with van der Waals surface area (Å²) >= 11 is 0. The summed E-state index contributed by atoms with van der Waals surface area (Å²) in [6, 6.07) is 3.08. The maximum Gasteiger partial charge on any atom is 0.341 e. The van der Waals surface area contributed by atoms with Gasteiger partial charge >= 0.3 is 23.9 Å². The highest BCUT2D eigenvalue weighted by Gasteiger charge is 2.78. The molecule has 0 bridgehead atoms. The van der Waals surface area contributed by atoms with Gasteiger partial charge in [0.1, 0.15) is 17.5 Å². The molecule has 4 saturated carbocycles. The Kier molecular flexibility index (Phi) is 13.9. The molecule has 5 fully saturated rings. The van der Waals surface area contributed by atoms with Crippen molar-refractivity contribution in [2.24, 2.45) is 28.6 Å². The van der Waals surface area contributed by atoms with Crippen LogP contribution in [0.3, 0.4) is 0 Å². The van der Waals surface area contributed by atoms with Crippen molar-refractivity contribution in [1.29, 1.82) is 0 Å². The molecule has 1 saturated heterocycles. The van der Waals surface area contributed by atoms with Crippen molar-refractivity contribution in [3.05, 3.63) is 63.7 Å². The van der Waals surface area contributed by atoms with Crippen molar-refractivity contribution in [2.75, 3.05) is 37.7 Å². The zero-order valence-corrected chi connectivity index (χ0v) is 38.8. The molecule has 0 radical (unpaired) electrons. The van der Waals surface area contributed by atoms with E-state index in [1.165, 1.54) is 24.4 Å². The number of hydrogen-bond donors (Lipinski definition) is 2. The van der Waals surface area contributed by atoms with E-state index in [0.29, 0.717) is 55.5 Å². The van der Waals surface area contributed by atoms with E-state index in [1.54, 1.807) is 32.9 Å². The van der Waals surface area contributed by atoms with Crippen molar-refractivity contribution in [3.8, 4) is 0 Å². The van der Waals surface area contributed by atoms with Crippen LogP contribution in [0.25, 0.3) is 10.9 Å². The fourth-order valence-corrected chi connectivity index (χ4v) is 11.9. The molecule has 66 heavy (non-hydrogen) atoms. The van der Waals surface area contributed by atoms with E-state index in [0.717, 1.165) is 32.4 Å². The number of allylic oxidation sites excluding steroid dienone is 4. The Morgan fingerprint density at radius 3 is 2.29 bits per heavy atom. The Hall–Kier alpha value is -5.25. The summed E-state index contributed by atoms with van der Waals surface area (Å²) < 4.78 is 52.1. The SMILES string of the molecule is CCCCC(=O)O[C@H]1C[C@@]2(C)[C@@H](C[C@H](C)[C@]2(OC(=O)CC)C(=O)COC(=O)CC)[C@@H]2CCC3=CC(=O)C=C[C@]3(C)C12F.O=C(O)c1cn(C2CC2)c2cc(N3CCNCC3)c(F)cc2c1=O. The summed E-state index contributed by atoms with van der Waals surface area (Å²) in [5.74, 6) is -5.75. The monoisotopic (exact) mass is 919 g/mol. The van der Waals surface area contributed by atoms with Gasteiger partial charge in [0.15, 0.2) is 23.7 Å². The molecule has 6 aliphatic rings. The predicted molar refractivity (Wildman–Crippen MR) is 240 cm³/mol. The summed E-state index contributed by atoms with van der Waals surface area (Å²) in [5.41, 5.74) is -5.26. The summed E-state index contributed by atoms with van der Waals surface area (Å²) in [6.07, 6.45) is 9.27. The van der Waals surface area contributed by atoms with Gasteiger partial charge in [-0.1, -0.05) is 52.7 Å². The van der Waals surface area contributed by atoms with Gasteiger partial charge in [-0.2, -0.15) is 0 Å². The molecule has 2 heterocycles. The number of aromatic nitrogens is 1. The third kappa shape index (κ3) is 8.29. The van der Waals surface area contributed by atoms with Gasteiger partial charge in [0.05, 0.1) is 11.2 Å². The molecular weight excluding hydrogens is 857 g/mol. The summed E-state index contributed by atoms with van der Waals surface area (Å²) in [7, 11) is 0. The van der Waals surface area contributed by atoms with E-state index in [2.05, 4.69) is 5.32 Å². The number of Topliss-reactive ketones (excluding diaryl/α,β-unsaturated/α-hetero) is 1. The first-order valence-electron chi connectivity index (χ1n) is 23.6. The highest BCUT2D eigenvalue weighted by atomic mass is 19.1. The van der Waals surface area contributed by atoms with Crippen LogP contribution >= 0.6 is 0 Å². The standard InChI is InChI=1S/C33H45FO8.C17H18FN3O3/c1-7-10-11-29(39)41-26-18-31(6)24(23-13-12-21-17-22(35)14-15-30(21,5)32(23,26)34)16-20(4)33(31,42-28(38)9-3)25(36)19-40-27(37)8-2;18-13-7-11-14(8-15(13)20-5-3-19-4-6-20)21(10-1-2-10)9-12(16(11)22)17(23)24/h14-15,17,20,23-24,26H,7-13,16,18-19H2,1-6H3;7-10,19H,1-6H2,(H,23,24)/t20-,23-,24-,26-,30-,31-,32?,33-;/m0./s1. The lowest BCUT2D eigenvalue weighted by atomic mass is 9.44. The van der Waals surface area contributed by atoms with Crippen LogP contribution in [0.4, 0.5) is 14.5 Å². The van der Waals surface area contributed by atoms with Crippen LogP contribution in [0, 0.1) is 34.4 Å². The molecule has 1 unspecified atom stereocenters. The first-order valence-corrected chi connectivity index (χ1v) is 23.6. The normalized spacial score (nSPS) is 31.1. The van der Waals surface area contributed by atoms with E-state index >= 15 is 4.39 Å². The molecule has 16 heteroatoms. The first-order chi connectivity index (χ1) is 31.3. The number of unbranched alkanes of at least 4 members (excludes halogenated alkanes) is 1. The van der Waals surface area contributed by atoms with Crippen molar-refractivity contribution >= 4 is 52.0 Å². The van der Waals surface area contributed by atoms with Crippen LogP contribution in [-0.2, 0) is 38.2 Å². The van der Waals surface area contributed by atoms with E-state index in [9.17, 15) is 43.1 Å². The lowest BCUT2D eigenvalue weighted by molar-refractivity contribution is -0.236. The van der Waals surface area contributed by atoms with Gasteiger partial charge in [-0.15, -0.1) is 0 Å². The summed E-state index contributed by atoms with van der Waals surface area (Å²) in [6.45, 7) is 13.0. The molecular formula is C50H63F2N3O11. The maximum absolute atomic E-state index is 18.3. The first kappa shape index (κ1) is 48.7. The lowest BCUT2D eigenvalue weighted by Crippen LogP contribution is -2.70. The van der Waals surface area contributed by atoms with E-state index in [4.69, 9.17) is 14.2 Å². The van der Waals surface area contributed by atoms with Gasteiger partial charge in [-0.25, -0.2) is 13.6 Å². The van der Waals surface area contributed by atoms with Crippen LogP contribution < -0.4 is 15.6 Å². The number of ether oxygens (including phenoxy) is 3. The van der Waals surface area contributed by atoms with Crippen LogP contribution in [0.2, 0.25) is 0 Å². The minimum atomic E-state index is -2.07. The number of carbonyl (C=O) groups is 6. The number of carbonyl (C=O) groups excluding carboxylic acids is 5. The van der Waals surface area contributed by atoms with E-state index in [1.807, 2.05) is 30.2 Å². The van der Waals surface area contributed by atoms with Crippen LogP contribution in [0.5, 0.6) is 0 Å². The van der Waals surface area contributed by atoms with Gasteiger partial charge in [-0.05, 0) is 82.1 Å². The number of ketones is 2. The van der Waals surface area contributed by atoms with E-state index in [-0.39, 0.29) is 48.5 Å². The molecule has 14 nitrogen and oxygen atoms in total. The number of nitrogens with zero attached hydrogens (tertiary/aromatic N) is 2. The van der Waals surface area contributed by atoms with Crippen LogP contribution in [0.1, 0.15) is 129 Å². The molecule has 1 aromatic heterocycles. The lowest BCUT2D eigenvalue weighted by Gasteiger charge is -2.63. The summed E-state index contributed by atoms with van der Waals surface area (Å²) in [5, 5.41) is 12.6. The third-order valence-corrected chi connectivity index (χ3v) is 15.5. The molecule has 1 aliphatic heterocycles. The molecule has 2 aromatic rings. The zero-order valence-electron chi connectivity index (χ0n) is 38.8. The molecule has 1 aromatic carbocycles. The second-order valence-corrected chi connectivity index (χ2v) is 19.3.